The number of nitrogens with zero attached hydrogens (tertiary/aromatic N) is 4. The van der Waals surface area contributed by atoms with Gasteiger partial charge in [-0.1, -0.05) is 83.1 Å². The van der Waals surface area contributed by atoms with E-state index in [2.05, 4.69) is 20.5 Å². The summed E-state index contributed by atoms with van der Waals surface area (Å²) in [6, 6.07) is 9.52. The summed E-state index contributed by atoms with van der Waals surface area (Å²) in [5.41, 5.74) is 5.46. The zero-order valence-corrected chi connectivity index (χ0v) is 34.6. The zero-order valence-electron chi connectivity index (χ0n) is 33.8. The van der Waals surface area contributed by atoms with Crippen LogP contribution in [0.1, 0.15) is 94.2 Å². The molecule has 0 amide bonds. The SMILES string of the molecule is Cc1cc(S(=O)(=O)c2ccc(N=NC=C3C=C(C(C)(C)C)C(=O)C(C(C)(C)C)=C3)c(C)c2)ccc1N=NC=C1C=C(C(C)(C)C)C(=O)C(C(C)(C)C)=C1. The van der Waals surface area contributed by atoms with E-state index in [4.69, 9.17) is 0 Å². The molecule has 0 heterocycles. The van der Waals surface area contributed by atoms with Crippen molar-refractivity contribution in [3.05, 3.63) is 118 Å². The molecule has 9 heteroatoms. The van der Waals surface area contributed by atoms with E-state index in [-0.39, 0.29) is 43.0 Å². The van der Waals surface area contributed by atoms with E-state index in [1.54, 1.807) is 50.5 Å². The number of aryl methyl sites for hydroxylation is 2. The van der Waals surface area contributed by atoms with Gasteiger partial charge in [-0.2, -0.15) is 20.5 Å². The number of carbonyl (C=O) groups is 2. The van der Waals surface area contributed by atoms with Crippen LogP contribution in [0.3, 0.4) is 0 Å². The van der Waals surface area contributed by atoms with Gasteiger partial charge in [0.05, 0.1) is 33.6 Å². The summed E-state index contributed by atoms with van der Waals surface area (Å²) in [4.78, 5) is 26.8. The first-order chi connectivity index (χ1) is 24.2. The molecule has 0 aromatic heterocycles. The van der Waals surface area contributed by atoms with Gasteiger partial charge in [-0.3, -0.25) is 9.59 Å². The molecular formula is C44H54N4O4S. The Kier molecular flexibility index (Phi) is 11.4. The topological polar surface area (TPSA) is 118 Å². The van der Waals surface area contributed by atoms with E-state index in [0.717, 1.165) is 33.4 Å². The second kappa shape index (κ2) is 14.7. The zero-order chi connectivity index (χ0) is 39.9. The summed E-state index contributed by atoms with van der Waals surface area (Å²) in [7, 11) is -3.85. The van der Waals surface area contributed by atoms with Crippen LogP contribution >= 0.6 is 0 Å². The highest BCUT2D eigenvalue weighted by atomic mass is 32.2. The number of hydrogen-bond donors (Lipinski definition) is 0. The van der Waals surface area contributed by atoms with Gasteiger partial charge in [-0.25, -0.2) is 8.42 Å². The molecule has 0 bridgehead atoms. The standard InChI is InChI=1S/C44H54N4O4S/c1-27-19-31(15-17-37(27)47-45-25-29-21-33(41(3,4)5)39(49)34(22-29)42(6,7)8)53(51,52)32-16-18-38(28(2)20-32)48-46-26-30-23-35(43(9,10)11)40(50)36(24-30)44(12,13)14/h15-26H,1-14H3. The largest absolute Gasteiger partial charge is 0.289 e. The number of sulfone groups is 1. The molecule has 0 unspecified atom stereocenters. The number of carbonyl (C=O) groups excluding carboxylic acids is 2. The van der Waals surface area contributed by atoms with Gasteiger partial charge < -0.3 is 0 Å². The Labute approximate surface area is 316 Å². The molecule has 0 radical (unpaired) electrons. The van der Waals surface area contributed by atoms with E-state index < -0.39 is 9.84 Å². The number of azo groups is 2. The molecule has 0 aliphatic heterocycles. The van der Waals surface area contributed by atoms with E-state index >= 15 is 0 Å². The normalized spacial score (nSPS) is 16.6. The summed E-state index contributed by atoms with van der Waals surface area (Å²) < 4.78 is 27.4. The van der Waals surface area contributed by atoms with Gasteiger partial charge in [0.25, 0.3) is 0 Å². The number of ketones is 2. The first-order valence-electron chi connectivity index (χ1n) is 17.9. The van der Waals surface area contributed by atoms with Gasteiger partial charge in [-0.15, -0.1) is 0 Å². The van der Waals surface area contributed by atoms with Crippen LogP contribution in [0, 0.1) is 35.5 Å². The molecule has 2 aliphatic carbocycles. The molecule has 2 aliphatic rings. The fraction of sp³-hybridized carbons (Fsp3) is 0.409. The van der Waals surface area contributed by atoms with Crippen molar-refractivity contribution in [2.45, 2.75) is 107 Å². The van der Waals surface area contributed by atoms with Crippen molar-refractivity contribution in [2.75, 3.05) is 0 Å². The third-order valence-electron chi connectivity index (χ3n) is 9.16. The number of benzene rings is 2. The molecule has 53 heavy (non-hydrogen) atoms. The Bertz CT molecular complexity index is 1990. The van der Waals surface area contributed by atoms with Gasteiger partial charge in [0.1, 0.15) is 0 Å². The highest BCUT2D eigenvalue weighted by molar-refractivity contribution is 7.91. The lowest BCUT2D eigenvalue weighted by Crippen LogP contribution is -2.27. The molecular weight excluding hydrogens is 681 g/mol. The van der Waals surface area contributed by atoms with Crippen molar-refractivity contribution < 1.29 is 18.0 Å². The number of hydrogen-bond acceptors (Lipinski definition) is 8. The summed E-state index contributed by atoms with van der Waals surface area (Å²) in [5.74, 6) is 0.0975. The van der Waals surface area contributed by atoms with Gasteiger partial charge in [-0.05, 0) is 118 Å². The Morgan fingerprint density at radius 1 is 0.491 bits per heavy atom. The van der Waals surface area contributed by atoms with Crippen LogP contribution in [-0.4, -0.2) is 20.0 Å². The average molecular weight is 735 g/mol. The Morgan fingerprint density at radius 3 is 1.02 bits per heavy atom. The van der Waals surface area contributed by atoms with Crippen LogP contribution < -0.4 is 0 Å². The van der Waals surface area contributed by atoms with Crippen LogP contribution in [0.15, 0.2) is 137 Å². The third-order valence-corrected chi connectivity index (χ3v) is 10.9. The Hall–Kier alpha value is -4.63. The predicted octanol–water partition coefficient (Wildman–Crippen LogP) is 12.1. The summed E-state index contributed by atoms with van der Waals surface area (Å²) in [6.45, 7) is 27.8. The molecule has 280 valence electrons. The van der Waals surface area contributed by atoms with Crippen LogP contribution in [0.4, 0.5) is 11.4 Å². The lowest BCUT2D eigenvalue weighted by molar-refractivity contribution is -0.114. The molecule has 0 spiro atoms. The third kappa shape index (κ3) is 9.49. The fourth-order valence-electron chi connectivity index (χ4n) is 5.95. The van der Waals surface area contributed by atoms with Gasteiger partial charge >= 0.3 is 0 Å². The molecule has 0 saturated carbocycles. The van der Waals surface area contributed by atoms with E-state index in [9.17, 15) is 18.0 Å². The van der Waals surface area contributed by atoms with Crippen LogP contribution in [0.25, 0.3) is 0 Å². The molecule has 0 N–H and O–H groups in total. The van der Waals surface area contributed by atoms with Crippen LogP contribution in [-0.2, 0) is 19.4 Å². The molecule has 0 atom stereocenters. The Balaban J connectivity index is 1.57. The van der Waals surface area contributed by atoms with Crippen molar-refractivity contribution in [3.8, 4) is 0 Å². The van der Waals surface area contributed by atoms with E-state index in [1.165, 1.54) is 12.1 Å². The highest BCUT2D eigenvalue weighted by Gasteiger charge is 2.35. The second-order valence-electron chi connectivity index (χ2n) is 18.0. The minimum absolute atomic E-state index is 0.0487. The van der Waals surface area contributed by atoms with Crippen molar-refractivity contribution in [2.24, 2.45) is 42.1 Å². The molecule has 0 saturated heterocycles. The lowest BCUT2D eigenvalue weighted by atomic mass is 9.72. The summed E-state index contributed by atoms with van der Waals surface area (Å²) >= 11 is 0. The maximum Gasteiger partial charge on any atom is 0.206 e. The summed E-state index contributed by atoms with van der Waals surface area (Å²) in [5, 5.41) is 17.4. The van der Waals surface area contributed by atoms with E-state index in [0.29, 0.717) is 22.5 Å². The molecule has 4 rings (SSSR count). The number of allylic oxidation sites excluding steroid dienone is 10. The molecule has 2 aromatic rings. The maximum atomic E-state index is 13.7. The van der Waals surface area contributed by atoms with Crippen LogP contribution in [0.2, 0.25) is 0 Å². The predicted molar refractivity (Wildman–Crippen MR) is 213 cm³/mol. The Morgan fingerprint density at radius 2 is 0.774 bits per heavy atom. The van der Waals surface area contributed by atoms with Crippen molar-refractivity contribution in [3.63, 3.8) is 0 Å². The molecule has 8 nitrogen and oxygen atoms in total. The first-order valence-corrected chi connectivity index (χ1v) is 19.4. The van der Waals surface area contributed by atoms with Crippen molar-refractivity contribution in [1.82, 2.24) is 0 Å². The van der Waals surface area contributed by atoms with Crippen LogP contribution in [0.5, 0.6) is 0 Å². The van der Waals surface area contributed by atoms with Gasteiger partial charge in [0, 0.05) is 22.3 Å². The van der Waals surface area contributed by atoms with Crippen molar-refractivity contribution >= 4 is 32.8 Å². The average Bonchev–Trinajstić information content (AvgIpc) is 3.01. The smallest absolute Gasteiger partial charge is 0.206 e. The lowest BCUT2D eigenvalue weighted by Gasteiger charge is -2.31. The first kappa shape index (κ1) is 41.1. The van der Waals surface area contributed by atoms with Gasteiger partial charge in [0.15, 0.2) is 11.6 Å². The summed E-state index contributed by atoms with van der Waals surface area (Å²) in [6.07, 6.45) is 10.7. The highest BCUT2D eigenvalue weighted by Crippen LogP contribution is 2.40. The minimum atomic E-state index is -3.85. The van der Waals surface area contributed by atoms with E-state index in [1.807, 2.05) is 107 Å². The second-order valence-corrected chi connectivity index (χ2v) is 19.9. The quantitative estimate of drug-likeness (QED) is 0.274. The molecule has 2 aromatic carbocycles. The van der Waals surface area contributed by atoms with Crippen molar-refractivity contribution in [1.29, 1.82) is 0 Å². The minimum Gasteiger partial charge on any atom is -0.289 e. The fourth-order valence-corrected chi connectivity index (χ4v) is 7.38. The maximum absolute atomic E-state index is 13.7. The monoisotopic (exact) mass is 734 g/mol. The number of rotatable bonds is 6. The number of Topliss-reactive ketones (excluding diaryl/α,β-unsaturated/α-hetero) is 2. The molecule has 0 fully saturated rings. The van der Waals surface area contributed by atoms with Gasteiger partial charge in [0.2, 0.25) is 9.84 Å².